The van der Waals surface area contributed by atoms with E-state index in [9.17, 15) is 0 Å². The molecule has 0 saturated carbocycles. The molecule has 0 aromatic heterocycles. The Kier molecular flexibility index (Phi) is 2.28. The van der Waals surface area contributed by atoms with Crippen molar-refractivity contribution in [3.8, 4) is 11.1 Å². The van der Waals surface area contributed by atoms with E-state index < -0.39 is 0 Å². The van der Waals surface area contributed by atoms with E-state index in [0.717, 1.165) is 0 Å². The van der Waals surface area contributed by atoms with Gasteiger partial charge in [-0.2, -0.15) is 0 Å². The van der Waals surface area contributed by atoms with Gasteiger partial charge in [-0.3, -0.25) is 0 Å². The van der Waals surface area contributed by atoms with Crippen LogP contribution in [-0.4, -0.2) is 0 Å². The molecule has 0 N–H and O–H groups in total. The van der Waals surface area contributed by atoms with Crippen LogP contribution < -0.4 is 0 Å². The lowest BCUT2D eigenvalue weighted by molar-refractivity contribution is 0.689. The van der Waals surface area contributed by atoms with Gasteiger partial charge in [-0.25, -0.2) is 0 Å². The van der Waals surface area contributed by atoms with Gasteiger partial charge in [0, 0.05) is 0 Å². The predicted octanol–water partition coefficient (Wildman–Crippen LogP) is 4.40. The van der Waals surface area contributed by atoms with Crippen LogP contribution in [0.15, 0.2) is 48.5 Å². The summed E-state index contributed by atoms with van der Waals surface area (Å²) in [6, 6.07) is 17.7. The lowest BCUT2D eigenvalue weighted by Crippen LogP contribution is -1.93. The third-order valence-corrected chi connectivity index (χ3v) is 3.65. The fourth-order valence-corrected chi connectivity index (χ4v) is 2.70. The maximum atomic E-state index is 2.34. The molecule has 0 saturated heterocycles. The molecule has 1 aliphatic rings. The van der Waals surface area contributed by atoms with Crippen LogP contribution in [0, 0.1) is 0 Å². The van der Waals surface area contributed by atoms with Crippen LogP contribution in [0.3, 0.4) is 0 Å². The average molecular weight is 208 g/mol. The van der Waals surface area contributed by atoms with E-state index >= 15 is 0 Å². The Morgan fingerprint density at radius 1 is 0.875 bits per heavy atom. The van der Waals surface area contributed by atoms with Crippen molar-refractivity contribution in [2.45, 2.75) is 25.7 Å². The van der Waals surface area contributed by atoms with Gasteiger partial charge in [-0.15, -0.1) is 0 Å². The Hall–Kier alpha value is -1.56. The molecular formula is C16H16. The molecule has 0 bridgehead atoms. The zero-order chi connectivity index (χ0) is 11.0. The van der Waals surface area contributed by atoms with Crippen LogP contribution in [0.25, 0.3) is 11.1 Å². The molecule has 0 fully saturated rings. The number of rotatable bonds is 0. The van der Waals surface area contributed by atoms with Crippen LogP contribution in [0.2, 0.25) is 0 Å². The highest BCUT2D eigenvalue weighted by Gasteiger charge is 2.17. The summed E-state index contributed by atoms with van der Waals surface area (Å²) in [6.45, 7) is 2.34. The van der Waals surface area contributed by atoms with Crippen molar-refractivity contribution in [2.24, 2.45) is 0 Å². The Morgan fingerprint density at radius 2 is 1.56 bits per heavy atom. The maximum absolute atomic E-state index is 2.34. The van der Waals surface area contributed by atoms with Crippen molar-refractivity contribution in [2.75, 3.05) is 0 Å². The van der Waals surface area contributed by atoms with Crippen molar-refractivity contribution >= 4 is 0 Å². The highest BCUT2D eigenvalue weighted by atomic mass is 14.2. The summed E-state index contributed by atoms with van der Waals surface area (Å²) >= 11 is 0. The molecule has 1 atom stereocenters. The highest BCUT2D eigenvalue weighted by molar-refractivity contribution is 5.72. The molecule has 1 unspecified atom stereocenters. The van der Waals surface area contributed by atoms with Gasteiger partial charge in [0.05, 0.1) is 0 Å². The zero-order valence-electron chi connectivity index (χ0n) is 9.61. The van der Waals surface area contributed by atoms with Gasteiger partial charge >= 0.3 is 0 Å². The average Bonchev–Trinajstić information content (AvgIpc) is 2.49. The summed E-state index contributed by atoms with van der Waals surface area (Å²) in [6.07, 6.45) is 2.46. The summed E-state index contributed by atoms with van der Waals surface area (Å²) in [7, 11) is 0. The summed E-state index contributed by atoms with van der Waals surface area (Å²) in [4.78, 5) is 0. The normalized spacial score (nSPS) is 18.4. The molecule has 0 aliphatic heterocycles. The van der Waals surface area contributed by atoms with Crippen molar-refractivity contribution in [1.82, 2.24) is 0 Å². The van der Waals surface area contributed by atoms with Gasteiger partial charge in [-0.1, -0.05) is 55.5 Å². The Morgan fingerprint density at radius 3 is 2.44 bits per heavy atom. The topological polar surface area (TPSA) is 0 Å². The van der Waals surface area contributed by atoms with E-state index in [1.54, 1.807) is 0 Å². The van der Waals surface area contributed by atoms with Crippen LogP contribution in [0.5, 0.6) is 0 Å². The summed E-state index contributed by atoms with van der Waals surface area (Å²) in [5.41, 5.74) is 5.87. The molecule has 0 heterocycles. The first-order chi connectivity index (χ1) is 7.86. The van der Waals surface area contributed by atoms with Crippen LogP contribution in [0.4, 0.5) is 0 Å². The molecule has 2 aromatic carbocycles. The van der Waals surface area contributed by atoms with Gasteiger partial charge in [0.15, 0.2) is 0 Å². The first kappa shape index (κ1) is 9.65. The molecule has 0 nitrogen and oxygen atoms in total. The lowest BCUT2D eigenvalue weighted by Gasteiger charge is -2.12. The van der Waals surface area contributed by atoms with E-state index in [1.807, 2.05) is 0 Å². The quantitative estimate of drug-likeness (QED) is 0.602. The van der Waals surface area contributed by atoms with Crippen molar-refractivity contribution < 1.29 is 0 Å². The van der Waals surface area contributed by atoms with E-state index in [0.29, 0.717) is 5.92 Å². The lowest BCUT2D eigenvalue weighted by atomic mass is 9.93. The number of benzene rings is 2. The van der Waals surface area contributed by atoms with E-state index in [-0.39, 0.29) is 0 Å². The number of hydrogen-bond acceptors (Lipinski definition) is 0. The number of fused-ring (bicyclic) bond motifs is 3. The summed E-state index contributed by atoms with van der Waals surface area (Å²) in [5, 5.41) is 0. The molecular weight excluding hydrogens is 192 g/mol. The van der Waals surface area contributed by atoms with E-state index in [1.165, 1.54) is 35.1 Å². The first-order valence-electron chi connectivity index (χ1n) is 6.03. The molecule has 1 aliphatic carbocycles. The highest BCUT2D eigenvalue weighted by Crippen LogP contribution is 2.37. The standard InChI is InChI=1S/C16H16/c1-12-10-11-13-6-2-3-8-15(13)16-9-5-4-7-14(12)16/h2-9,12H,10-11H2,1H3. The summed E-state index contributed by atoms with van der Waals surface area (Å²) < 4.78 is 0. The van der Waals surface area contributed by atoms with Crippen molar-refractivity contribution in [1.29, 1.82) is 0 Å². The van der Waals surface area contributed by atoms with Crippen LogP contribution in [0.1, 0.15) is 30.4 Å². The fraction of sp³-hybridized carbons (Fsp3) is 0.250. The molecule has 16 heavy (non-hydrogen) atoms. The molecule has 2 aromatic rings. The Bertz CT molecular complexity index is 511. The molecule has 3 rings (SSSR count). The largest absolute Gasteiger partial charge is 0.0620 e. The number of aryl methyl sites for hydroxylation is 1. The Balaban J connectivity index is 2.28. The fourth-order valence-electron chi connectivity index (χ4n) is 2.70. The second-order valence-electron chi connectivity index (χ2n) is 4.68. The van der Waals surface area contributed by atoms with Gasteiger partial charge in [0.25, 0.3) is 0 Å². The third-order valence-electron chi connectivity index (χ3n) is 3.65. The van der Waals surface area contributed by atoms with Gasteiger partial charge in [0.1, 0.15) is 0 Å². The second-order valence-corrected chi connectivity index (χ2v) is 4.68. The van der Waals surface area contributed by atoms with E-state index in [4.69, 9.17) is 0 Å². The minimum absolute atomic E-state index is 0.670. The second kappa shape index (κ2) is 3.79. The van der Waals surface area contributed by atoms with Crippen molar-refractivity contribution in [3.05, 3.63) is 59.7 Å². The Labute approximate surface area is 96.9 Å². The van der Waals surface area contributed by atoms with Crippen molar-refractivity contribution in [3.63, 3.8) is 0 Å². The van der Waals surface area contributed by atoms with Gasteiger partial charge < -0.3 is 0 Å². The summed E-state index contributed by atoms with van der Waals surface area (Å²) in [5.74, 6) is 0.670. The zero-order valence-corrected chi connectivity index (χ0v) is 9.61. The number of hydrogen-bond donors (Lipinski definition) is 0. The SMILES string of the molecule is CC1CCc2ccccc2-c2ccccc21. The molecule has 80 valence electrons. The third kappa shape index (κ3) is 1.46. The minimum atomic E-state index is 0.670. The van der Waals surface area contributed by atoms with Gasteiger partial charge in [0.2, 0.25) is 0 Å². The van der Waals surface area contributed by atoms with Gasteiger partial charge in [-0.05, 0) is 41.0 Å². The van der Waals surface area contributed by atoms with E-state index in [2.05, 4.69) is 55.5 Å². The van der Waals surface area contributed by atoms with Crippen LogP contribution in [-0.2, 0) is 6.42 Å². The minimum Gasteiger partial charge on any atom is -0.0620 e. The smallest absolute Gasteiger partial charge is 0.0146 e. The molecule has 0 radical (unpaired) electrons. The first-order valence-corrected chi connectivity index (χ1v) is 6.03. The molecule has 0 amide bonds. The maximum Gasteiger partial charge on any atom is -0.0146 e. The molecule has 0 spiro atoms. The monoisotopic (exact) mass is 208 g/mol. The van der Waals surface area contributed by atoms with Crippen LogP contribution >= 0.6 is 0 Å². The molecule has 0 heteroatoms. The predicted molar refractivity (Wildman–Crippen MR) is 68.6 cm³/mol.